The lowest BCUT2D eigenvalue weighted by molar-refractivity contribution is -0.158. The number of hydrazine groups is 1. The second kappa shape index (κ2) is 42.7. The van der Waals surface area contributed by atoms with Crippen LogP contribution in [0.25, 0.3) is 0 Å². The topological polar surface area (TPSA) is 331 Å². The highest BCUT2D eigenvalue weighted by Gasteiger charge is 2.35. The summed E-state index contributed by atoms with van der Waals surface area (Å²) in [6, 6.07) is -1.25. The predicted octanol–water partition coefficient (Wildman–Crippen LogP) is 4.15. The fourth-order valence-electron chi connectivity index (χ4n) is 5.43. The zero-order valence-corrected chi connectivity index (χ0v) is 48.3. The Balaban J connectivity index is -0.00000130. The van der Waals surface area contributed by atoms with Gasteiger partial charge in [0.05, 0.1) is 18.3 Å². The van der Waals surface area contributed by atoms with E-state index in [1.165, 1.54) is 6.08 Å². The average molecular weight is 1100 g/mol. The first kappa shape index (κ1) is 73.8. The van der Waals surface area contributed by atoms with Gasteiger partial charge in [0.1, 0.15) is 30.4 Å². The SMILES string of the molecule is CC.CCCNC(=O)C(CSC1CCC1SCC(NC(C)(C)C)C(=O)O)NC(=O)CCC(C)(C)OCCC(C)(C)C=O.CC[C@@H](COP(O)OCOC(=O)COC=O)OC(C)N(C)/C=C\C(N)=NC=O.CNN. The molecule has 6 unspecified atom stereocenters. The second-order valence-corrected chi connectivity index (χ2v) is 21.9. The number of hydrogen-bond donors (Lipinski definition) is 8. The molecule has 0 heterocycles. The van der Waals surface area contributed by atoms with Crippen LogP contribution in [-0.4, -0.2) is 168 Å². The summed E-state index contributed by atoms with van der Waals surface area (Å²) >= 11 is 3.35. The summed E-state index contributed by atoms with van der Waals surface area (Å²) < 4.78 is 30.4. The van der Waals surface area contributed by atoms with Crippen LogP contribution < -0.4 is 33.0 Å². The molecule has 0 bridgehead atoms. The van der Waals surface area contributed by atoms with Gasteiger partial charge >= 0.3 is 20.5 Å². The van der Waals surface area contributed by atoms with Crippen molar-refractivity contribution >= 4 is 80.9 Å². The number of carbonyl (C=O) groups is 7. The zero-order valence-electron chi connectivity index (χ0n) is 45.8. The fraction of sp³-hybridized carbons (Fsp3) is 0.787. The number of ether oxygens (including phenoxy) is 4. The molecule has 0 saturated heterocycles. The molecule has 1 aliphatic carbocycles. The Morgan fingerprint density at radius 2 is 1.55 bits per heavy atom. The molecule has 1 fully saturated rings. The minimum absolute atomic E-state index is 0.0392. The van der Waals surface area contributed by atoms with Crippen molar-refractivity contribution in [2.24, 2.45) is 22.0 Å². The quantitative estimate of drug-likeness (QED) is 0.00638. The van der Waals surface area contributed by atoms with Gasteiger partial charge in [-0.15, -0.1) is 0 Å². The number of esters is 1. The summed E-state index contributed by atoms with van der Waals surface area (Å²) in [4.78, 5) is 94.4. The van der Waals surface area contributed by atoms with Crippen molar-refractivity contribution in [1.82, 2.24) is 26.3 Å². The number of nitrogens with zero attached hydrogens (tertiary/aromatic N) is 2. The normalized spacial score (nSPS) is 16.6. The van der Waals surface area contributed by atoms with Gasteiger partial charge in [-0.1, -0.05) is 41.5 Å². The molecule has 0 aromatic carbocycles. The molecule has 1 saturated carbocycles. The number of rotatable bonds is 36. The first-order chi connectivity index (χ1) is 34.2. The first-order valence-electron chi connectivity index (χ1n) is 24.3. The number of aliphatic imine (C=N–C) groups is 1. The molecule has 1 rings (SSSR count). The molecular weight excluding hydrogens is 1010 g/mol. The van der Waals surface area contributed by atoms with E-state index in [0.29, 0.717) is 60.8 Å². The molecule has 23 nitrogen and oxygen atoms in total. The molecule has 1 aliphatic rings. The van der Waals surface area contributed by atoms with E-state index in [4.69, 9.17) is 24.3 Å². The number of nitrogens with one attached hydrogen (secondary N) is 4. The Hall–Kier alpha value is -3.49. The monoisotopic (exact) mass is 1100 g/mol. The summed E-state index contributed by atoms with van der Waals surface area (Å²) in [5.41, 5.74) is 6.46. The van der Waals surface area contributed by atoms with Gasteiger partial charge in [-0.05, 0) is 93.2 Å². The lowest BCUT2D eigenvalue weighted by Crippen LogP contribution is -2.50. The van der Waals surface area contributed by atoms with Crippen molar-refractivity contribution in [2.45, 2.75) is 174 Å². The van der Waals surface area contributed by atoms with Gasteiger partial charge in [0.15, 0.2) is 6.61 Å². The van der Waals surface area contributed by atoms with E-state index in [1.54, 1.807) is 55.6 Å². The maximum atomic E-state index is 12.9. The molecule has 7 atom stereocenters. The van der Waals surface area contributed by atoms with Gasteiger partial charge in [-0.25, -0.2) is 4.79 Å². The van der Waals surface area contributed by atoms with Crippen LogP contribution in [0.4, 0.5) is 0 Å². The summed E-state index contributed by atoms with van der Waals surface area (Å²) in [7, 11) is 1.11. The maximum Gasteiger partial charge on any atom is 0.346 e. The molecule has 0 spiro atoms. The van der Waals surface area contributed by atoms with Crippen molar-refractivity contribution in [3.05, 3.63) is 12.3 Å². The van der Waals surface area contributed by atoms with Gasteiger partial charge in [0.2, 0.25) is 25.0 Å². The van der Waals surface area contributed by atoms with Crippen LogP contribution in [0.1, 0.15) is 128 Å². The summed E-state index contributed by atoms with van der Waals surface area (Å²) in [5, 5.41) is 19.2. The van der Waals surface area contributed by atoms with Crippen LogP contribution in [0, 0.1) is 5.41 Å². The average Bonchev–Trinajstić information content (AvgIpc) is 3.32. The maximum absolute atomic E-state index is 12.9. The van der Waals surface area contributed by atoms with Crippen LogP contribution >= 0.6 is 32.1 Å². The minimum Gasteiger partial charge on any atom is -0.480 e. The number of carboxylic acid groups (broad SMARTS) is 1. The van der Waals surface area contributed by atoms with Gasteiger partial charge in [0, 0.05) is 65.8 Å². The van der Waals surface area contributed by atoms with E-state index in [1.807, 2.05) is 76.2 Å². The lowest BCUT2D eigenvalue weighted by atomic mass is 9.92. The smallest absolute Gasteiger partial charge is 0.346 e. The lowest BCUT2D eigenvalue weighted by Gasteiger charge is -2.37. The molecule has 3 amide bonds. The Morgan fingerprint density at radius 1 is 0.959 bits per heavy atom. The molecule has 0 aromatic heterocycles. The van der Waals surface area contributed by atoms with E-state index >= 15 is 0 Å². The van der Waals surface area contributed by atoms with Crippen molar-refractivity contribution in [3.8, 4) is 0 Å². The molecule has 0 radical (unpaired) electrons. The number of aliphatic carboxylic acids is 1. The van der Waals surface area contributed by atoms with Crippen molar-refractivity contribution in [3.63, 3.8) is 0 Å². The molecule has 426 valence electrons. The van der Waals surface area contributed by atoms with Gasteiger partial charge < -0.3 is 59.5 Å². The molecule has 73 heavy (non-hydrogen) atoms. The van der Waals surface area contributed by atoms with Crippen molar-refractivity contribution in [1.29, 1.82) is 0 Å². The van der Waals surface area contributed by atoms with Crippen molar-refractivity contribution < 1.29 is 71.6 Å². The molecule has 26 heteroatoms. The van der Waals surface area contributed by atoms with E-state index in [0.717, 1.165) is 25.5 Å². The molecular formula is C47H91N8O15PS2. The summed E-state index contributed by atoms with van der Waals surface area (Å²) in [6.45, 7) is 23.1. The van der Waals surface area contributed by atoms with Crippen LogP contribution in [-0.2, 0) is 61.6 Å². The van der Waals surface area contributed by atoms with Gasteiger partial charge in [-0.3, -0.25) is 45.1 Å². The highest BCUT2D eigenvalue weighted by atomic mass is 32.2. The molecule has 10 N–H and O–H groups in total. The highest BCUT2D eigenvalue weighted by molar-refractivity contribution is 8.04. The van der Waals surface area contributed by atoms with E-state index in [9.17, 15) is 43.6 Å². The van der Waals surface area contributed by atoms with E-state index in [2.05, 4.69) is 41.7 Å². The number of hydrogen-bond acceptors (Lipinski definition) is 20. The van der Waals surface area contributed by atoms with E-state index in [-0.39, 0.29) is 55.0 Å². The fourth-order valence-corrected chi connectivity index (χ4v) is 9.06. The number of carbonyl (C=O) groups excluding carboxylic acids is 6. The highest BCUT2D eigenvalue weighted by Crippen LogP contribution is 2.41. The van der Waals surface area contributed by atoms with Gasteiger partial charge in [-0.2, -0.15) is 28.5 Å². The zero-order chi connectivity index (χ0) is 56.6. The molecule has 0 aliphatic heterocycles. The summed E-state index contributed by atoms with van der Waals surface area (Å²) in [6.07, 6.45) is 8.37. The number of amidine groups is 1. The Labute approximate surface area is 444 Å². The third kappa shape index (κ3) is 40.5. The third-order valence-electron chi connectivity index (χ3n) is 9.85. The van der Waals surface area contributed by atoms with Crippen LogP contribution in [0.15, 0.2) is 17.3 Å². The number of aldehydes is 1. The van der Waals surface area contributed by atoms with Crippen LogP contribution in [0.5, 0.6) is 0 Å². The van der Waals surface area contributed by atoms with Crippen LogP contribution in [0.3, 0.4) is 0 Å². The summed E-state index contributed by atoms with van der Waals surface area (Å²) in [5.74, 6) is 3.56. The number of amides is 3. The standard InChI is InChI=1S/C29H53N3O6S2.C15H26N3O9P.C2H6.CH6N2/c1-9-15-30-25(35)20(31-24(34)12-13-29(7,8)38-16-14-28(5,6)19-33)17-39-22-10-11-23(22)40-18-21(26(36)37)32-27(2,3)4;1-4-13(27-12(2)18(3)6-5-14(16)17-9-19)7-25-28(22)26-11-24-15(21)8-23-10-20;1-2;1-3-2/h19-23,32H,9-18H2,1-8H3,(H,30,35)(H,31,34)(H,36,37);5-6,9-10,12-13,22H,4,7-8,11H2,1-3H3,(H2,16,17,19);1-2H3;3H,2H2,1H3/b;6-5-;;/t;12?,13-,28?;;/m.0../s1. The van der Waals surface area contributed by atoms with Crippen molar-refractivity contribution in [2.75, 3.05) is 58.8 Å². The second-order valence-electron chi connectivity index (χ2n) is 18.4. The largest absolute Gasteiger partial charge is 0.480 e. The predicted molar refractivity (Wildman–Crippen MR) is 288 cm³/mol. The number of nitrogens with two attached hydrogens (primary N) is 2. The number of carboxylic acids is 1. The van der Waals surface area contributed by atoms with E-state index < -0.39 is 57.0 Å². The Bertz CT molecular complexity index is 1610. The Morgan fingerprint density at radius 3 is 2.04 bits per heavy atom. The first-order valence-corrected chi connectivity index (χ1v) is 27.5. The Kier molecular flexibility index (Phi) is 43.1. The van der Waals surface area contributed by atoms with Crippen LogP contribution in [0.2, 0.25) is 0 Å². The number of thioether (sulfide) groups is 2. The third-order valence-corrected chi connectivity index (χ3v) is 13.8. The molecule has 0 aromatic rings. The minimum atomic E-state index is -2.28. The van der Waals surface area contributed by atoms with Gasteiger partial charge in [0.25, 0.3) is 6.47 Å².